The molecule has 3 aromatic rings. The number of piperazine rings is 1. The van der Waals surface area contributed by atoms with E-state index in [9.17, 15) is 4.79 Å². The number of anilines is 1. The fourth-order valence-electron chi connectivity index (χ4n) is 3.02. The van der Waals surface area contributed by atoms with Gasteiger partial charge in [0, 0.05) is 31.6 Å². The highest BCUT2D eigenvalue weighted by atomic mass is 32.2. The average Bonchev–Trinajstić information content (AvgIpc) is 3.46. The van der Waals surface area contributed by atoms with Gasteiger partial charge >= 0.3 is 0 Å². The number of amides is 1. The van der Waals surface area contributed by atoms with Crippen molar-refractivity contribution in [3.63, 3.8) is 0 Å². The summed E-state index contributed by atoms with van der Waals surface area (Å²) < 4.78 is 6.29. The van der Waals surface area contributed by atoms with E-state index in [1.54, 1.807) is 29.4 Å². The van der Waals surface area contributed by atoms with Gasteiger partial charge in [-0.2, -0.15) is 0 Å². The Morgan fingerprint density at radius 3 is 2.86 bits per heavy atom. The first kappa shape index (κ1) is 20.5. The van der Waals surface area contributed by atoms with Gasteiger partial charge in [0.25, 0.3) is 0 Å². The zero-order valence-corrected chi connectivity index (χ0v) is 18.5. The number of hydrogen-bond donors (Lipinski definition) is 1. The average molecular weight is 451 g/mol. The van der Waals surface area contributed by atoms with Crippen molar-refractivity contribution in [1.29, 1.82) is 0 Å². The summed E-state index contributed by atoms with van der Waals surface area (Å²) in [5, 5.41) is 14.6. The fourth-order valence-corrected chi connectivity index (χ4v) is 5.51. The van der Waals surface area contributed by atoms with Crippen LogP contribution in [0, 0.1) is 0 Å². The number of aromatic nitrogens is 3. The van der Waals surface area contributed by atoms with Gasteiger partial charge in [-0.15, -0.1) is 21.5 Å². The van der Waals surface area contributed by atoms with E-state index in [2.05, 4.69) is 37.2 Å². The zero-order chi connectivity index (χ0) is 20.1. The first-order valence-electron chi connectivity index (χ1n) is 9.38. The number of furan rings is 1. The number of thioether (sulfide) groups is 1. The molecule has 1 amide bonds. The van der Waals surface area contributed by atoms with Crippen LogP contribution >= 0.6 is 34.4 Å². The summed E-state index contributed by atoms with van der Waals surface area (Å²) in [4.78, 5) is 21.5. The minimum Gasteiger partial charge on any atom is -0.463 e. The van der Waals surface area contributed by atoms with Gasteiger partial charge in [0.15, 0.2) is 10.1 Å². The number of carbonyl (C=O) groups excluding carboxylic acids is 1. The van der Waals surface area contributed by atoms with Crippen LogP contribution in [-0.2, 0) is 11.3 Å². The molecule has 0 aliphatic carbocycles. The Balaban J connectivity index is 1.20. The summed E-state index contributed by atoms with van der Waals surface area (Å²) in [6.45, 7) is 6.82. The Labute approximate surface area is 181 Å². The van der Waals surface area contributed by atoms with E-state index in [1.165, 1.54) is 11.3 Å². The van der Waals surface area contributed by atoms with Crippen molar-refractivity contribution >= 4 is 45.5 Å². The summed E-state index contributed by atoms with van der Waals surface area (Å²) in [5.41, 5.74) is 0.891. The van der Waals surface area contributed by atoms with Gasteiger partial charge in [-0.3, -0.25) is 19.9 Å². The number of nitrogens with one attached hydrogen (secondary N) is 1. The number of nitrogens with zero attached hydrogens (tertiary/aromatic N) is 5. The van der Waals surface area contributed by atoms with Crippen molar-refractivity contribution in [1.82, 2.24) is 25.0 Å². The topological polar surface area (TPSA) is 87.4 Å². The van der Waals surface area contributed by atoms with Crippen molar-refractivity contribution in [2.75, 3.05) is 43.8 Å². The Morgan fingerprint density at radius 1 is 1.28 bits per heavy atom. The lowest BCUT2D eigenvalue weighted by atomic mass is 10.3. The van der Waals surface area contributed by atoms with Crippen molar-refractivity contribution in [3.8, 4) is 11.5 Å². The Hall–Kier alpha value is -1.79. The second-order valence-electron chi connectivity index (χ2n) is 6.51. The molecule has 1 N–H and O–H groups in total. The third-order valence-electron chi connectivity index (χ3n) is 4.44. The molecule has 1 saturated heterocycles. The van der Waals surface area contributed by atoms with Gasteiger partial charge < -0.3 is 4.42 Å². The molecule has 29 heavy (non-hydrogen) atoms. The molecule has 4 rings (SSSR count). The van der Waals surface area contributed by atoms with E-state index < -0.39 is 0 Å². The van der Waals surface area contributed by atoms with Gasteiger partial charge in [-0.05, 0) is 17.9 Å². The lowest BCUT2D eigenvalue weighted by molar-refractivity contribution is -0.117. The van der Waals surface area contributed by atoms with Crippen LogP contribution in [0.5, 0.6) is 0 Å². The van der Waals surface area contributed by atoms with E-state index >= 15 is 0 Å². The first-order chi connectivity index (χ1) is 14.2. The van der Waals surface area contributed by atoms with E-state index in [0.29, 0.717) is 11.7 Å². The van der Waals surface area contributed by atoms with Crippen molar-refractivity contribution in [2.24, 2.45) is 0 Å². The molecular weight excluding hydrogens is 428 g/mol. The Kier molecular flexibility index (Phi) is 6.93. The predicted octanol–water partition coefficient (Wildman–Crippen LogP) is 3.12. The van der Waals surface area contributed by atoms with Crippen LogP contribution in [0.15, 0.2) is 32.5 Å². The third-order valence-corrected chi connectivity index (χ3v) is 7.12. The van der Waals surface area contributed by atoms with Crippen molar-refractivity contribution < 1.29 is 9.21 Å². The van der Waals surface area contributed by atoms with E-state index in [-0.39, 0.29) is 5.91 Å². The van der Waals surface area contributed by atoms with E-state index in [4.69, 9.17) is 4.42 Å². The molecule has 1 fully saturated rings. The molecule has 3 aromatic heterocycles. The monoisotopic (exact) mass is 450 g/mol. The molecule has 154 valence electrons. The molecule has 1 aliphatic heterocycles. The number of carbonyl (C=O) groups is 1. The highest BCUT2D eigenvalue weighted by Gasteiger charge is 2.20. The molecule has 4 heterocycles. The highest BCUT2D eigenvalue weighted by molar-refractivity contribution is 8.01. The number of thiazole rings is 1. The van der Waals surface area contributed by atoms with Gasteiger partial charge in [0.05, 0.1) is 19.4 Å². The third kappa shape index (κ3) is 5.64. The predicted molar refractivity (Wildman–Crippen MR) is 116 cm³/mol. The minimum atomic E-state index is -0.0364. The second kappa shape index (κ2) is 9.81. The summed E-state index contributed by atoms with van der Waals surface area (Å²) in [7, 11) is 0. The zero-order valence-electron chi connectivity index (χ0n) is 16.0. The van der Waals surface area contributed by atoms with Crippen LogP contribution in [0.3, 0.4) is 0 Å². The minimum absolute atomic E-state index is 0.0364. The van der Waals surface area contributed by atoms with Gasteiger partial charge in [-0.25, -0.2) is 4.98 Å². The standard InChI is InChI=1S/C18H22N6O2S3/c1-2-27-18-22-21-17(29-18)20-15(25)10-23-5-7-24(8-6-23)11-16-19-13(12-28-16)14-4-3-9-26-14/h3-4,9,12H,2,5-8,10-11H2,1H3,(H,20,21,25). The number of hydrogen-bond acceptors (Lipinski definition) is 10. The van der Waals surface area contributed by atoms with Gasteiger partial charge in [0.2, 0.25) is 11.0 Å². The maximum absolute atomic E-state index is 12.3. The molecule has 0 aromatic carbocycles. The molecule has 0 atom stereocenters. The van der Waals surface area contributed by atoms with Crippen LogP contribution in [-0.4, -0.2) is 69.4 Å². The summed E-state index contributed by atoms with van der Waals surface area (Å²) in [6.07, 6.45) is 1.66. The van der Waals surface area contributed by atoms with Gasteiger partial charge in [0.1, 0.15) is 10.7 Å². The normalized spacial score (nSPS) is 15.6. The summed E-state index contributed by atoms with van der Waals surface area (Å²) in [6, 6.07) is 3.80. The molecule has 0 radical (unpaired) electrons. The first-order valence-corrected chi connectivity index (χ1v) is 12.1. The van der Waals surface area contributed by atoms with Crippen LogP contribution in [0.1, 0.15) is 11.9 Å². The molecule has 11 heteroatoms. The van der Waals surface area contributed by atoms with Crippen LogP contribution in [0.4, 0.5) is 5.13 Å². The molecule has 0 unspecified atom stereocenters. The molecular formula is C18H22N6O2S3. The smallest absolute Gasteiger partial charge is 0.240 e. The Bertz CT molecular complexity index is 918. The van der Waals surface area contributed by atoms with Crippen LogP contribution in [0.25, 0.3) is 11.5 Å². The van der Waals surface area contributed by atoms with Crippen molar-refractivity contribution in [2.45, 2.75) is 17.8 Å². The summed E-state index contributed by atoms with van der Waals surface area (Å²) in [5.74, 6) is 1.71. The lowest BCUT2D eigenvalue weighted by Crippen LogP contribution is -2.48. The van der Waals surface area contributed by atoms with Crippen LogP contribution in [0.2, 0.25) is 0 Å². The quantitative estimate of drug-likeness (QED) is 0.414. The maximum atomic E-state index is 12.3. The van der Waals surface area contributed by atoms with E-state index in [1.807, 2.05) is 17.5 Å². The fraction of sp³-hybridized carbons (Fsp3) is 0.444. The molecule has 0 saturated carbocycles. The largest absolute Gasteiger partial charge is 0.463 e. The maximum Gasteiger partial charge on any atom is 0.240 e. The molecule has 8 nitrogen and oxygen atoms in total. The molecule has 0 spiro atoms. The lowest BCUT2D eigenvalue weighted by Gasteiger charge is -2.33. The second-order valence-corrected chi connectivity index (χ2v) is 9.94. The van der Waals surface area contributed by atoms with Gasteiger partial charge in [-0.1, -0.05) is 30.0 Å². The van der Waals surface area contributed by atoms with E-state index in [0.717, 1.165) is 59.3 Å². The van der Waals surface area contributed by atoms with Crippen LogP contribution < -0.4 is 5.32 Å². The molecule has 1 aliphatic rings. The molecule has 0 bridgehead atoms. The highest BCUT2D eigenvalue weighted by Crippen LogP contribution is 2.25. The Morgan fingerprint density at radius 2 is 2.10 bits per heavy atom. The SMILES string of the molecule is CCSc1nnc(NC(=O)CN2CCN(Cc3nc(-c4ccco4)cs3)CC2)s1. The summed E-state index contributed by atoms with van der Waals surface area (Å²) >= 11 is 4.70. The number of rotatable bonds is 8. The van der Waals surface area contributed by atoms with Crippen molar-refractivity contribution in [3.05, 3.63) is 28.8 Å².